The first-order valence-corrected chi connectivity index (χ1v) is 47.8. The van der Waals surface area contributed by atoms with Gasteiger partial charge in [0.25, 0.3) is 0 Å². The molecule has 3 unspecified atom stereocenters. The van der Waals surface area contributed by atoms with Crippen molar-refractivity contribution < 1.29 is 100 Å². The van der Waals surface area contributed by atoms with Crippen molar-refractivity contribution in [2.45, 2.75) is 299 Å². The fourth-order valence-electron chi connectivity index (χ4n) is 14.6. The highest BCUT2D eigenvalue weighted by molar-refractivity contribution is 7.90. The fourth-order valence-corrected chi connectivity index (χ4v) is 15.6. The molecule has 134 heavy (non-hydrogen) atoms. The lowest BCUT2D eigenvalue weighted by Gasteiger charge is -2.28. The third-order valence-electron chi connectivity index (χ3n) is 22.1. The topological polar surface area (TPSA) is 751 Å². The number of benzene rings is 2. The third-order valence-corrected chi connectivity index (χ3v) is 23.5. The highest BCUT2D eigenvalue weighted by Crippen LogP contribution is 2.21. The quantitative estimate of drug-likeness (QED) is 0.0152. The maximum Gasteiger partial charge on any atom is 0.245 e. The Bertz CT molecular complexity index is 4470. The summed E-state index contributed by atoms with van der Waals surface area (Å²) in [6.45, 7) is 0.574. The van der Waals surface area contributed by atoms with Gasteiger partial charge in [-0.15, -0.1) is 0 Å². The zero-order valence-electron chi connectivity index (χ0n) is 76.8. The second-order valence-corrected chi connectivity index (χ2v) is 35.2. The van der Waals surface area contributed by atoms with Gasteiger partial charge in [-0.05, 0) is 107 Å². The molecule has 2 heterocycles. The maximum atomic E-state index is 15.0. The zero-order chi connectivity index (χ0) is 98.9. The maximum absolute atomic E-state index is 15.0. The van der Waals surface area contributed by atoms with Crippen LogP contribution in [0.25, 0.3) is 10.9 Å². The number of nitrogens with two attached hydrogens (primary N) is 5. The molecule has 46 heteroatoms. The molecule has 11 atom stereocenters. The van der Waals surface area contributed by atoms with Gasteiger partial charge in [0, 0.05) is 75.1 Å². The average Bonchev–Trinajstić information content (AvgIpc) is 1.77. The van der Waals surface area contributed by atoms with E-state index in [9.17, 15) is 95.3 Å². The van der Waals surface area contributed by atoms with Crippen molar-refractivity contribution in [2.75, 3.05) is 51.7 Å². The summed E-state index contributed by atoms with van der Waals surface area (Å²) < 4.78 is 27.4. The molecule has 0 saturated carbocycles. The largest absolute Gasteiger partial charge is 0.394 e. The molecule has 4 rings (SSSR count). The van der Waals surface area contributed by atoms with E-state index in [2.05, 4.69) is 91.7 Å². The van der Waals surface area contributed by atoms with Gasteiger partial charge in [-0.25, -0.2) is 8.42 Å². The number of hydrogen-bond acceptors (Lipinski definition) is 24. The SMILES string of the molecule is CCCCCCCCCCCCCCCC(=O)NS(=O)(=O)CCCC(=O)NCC(=O)NC(CO)C(=O)N[C@@H](CCC(N)=O)C(=O)NC(CCCNC(=N)N)C(=O)NC(CO)C(=O)N[C@@H](CCCC)C(=O)N[C@H]1CCC(=O)CNCCCC[C@@H](C(N)=O)NC(=O)[C@H](Cc2c[nH]c3ccccc23)NC(=O)[C@H](CCCNC(=N)N)NC(=O)[C@@H](Cc2ccccc2)NC(=O)[C@H](CCC(N)=O)NC1=O. The lowest BCUT2D eigenvalue weighted by atomic mass is 10.0. The fraction of sp³-hybridized carbons (Fsp3) is 0.625. The number of aromatic nitrogens is 1. The van der Waals surface area contributed by atoms with Crippen molar-refractivity contribution in [1.29, 1.82) is 10.8 Å². The minimum atomic E-state index is -4.12. The number of carbonyl (C=O) groups excluding carboxylic acids is 17. The molecule has 16 amide bonds. The Hall–Kier alpha value is -12.5. The molecule has 2 aromatic carbocycles. The summed E-state index contributed by atoms with van der Waals surface area (Å²) in [5, 5.41) is 75.0. The van der Waals surface area contributed by atoms with Crippen LogP contribution < -0.4 is 113 Å². The molecule has 1 saturated heterocycles. The highest BCUT2D eigenvalue weighted by atomic mass is 32.2. The minimum Gasteiger partial charge on any atom is -0.394 e. The van der Waals surface area contributed by atoms with Gasteiger partial charge >= 0.3 is 0 Å². The summed E-state index contributed by atoms with van der Waals surface area (Å²) in [6.07, 6.45) is 11.9. The number of Topliss-reactive ketones (excluding diaryl/α,β-unsaturated/α-hetero) is 1. The summed E-state index contributed by atoms with van der Waals surface area (Å²) in [5.74, 6) is -18.3. The number of guanidine groups is 2. The Morgan fingerprint density at radius 2 is 0.963 bits per heavy atom. The lowest BCUT2D eigenvalue weighted by Crippen LogP contribution is -2.61. The molecule has 45 nitrogen and oxygen atoms in total. The molecule has 0 aliphatic carbocycles. The molecular formula is C88H142N24O21S. The first kappa shape index (κ1) is 114. The van der Waals surface area contributed by atoms with E-state index in [0.29, 0.717) is 41.3 Å². The molecule has 1 aliphatic heterocycles. The van der Waals surface area contributed by atoms with Gasteiger partial charge in [-0.1, -0.05) is 152 Å². The van der Waals surface area contributed by atoms with Crippen molar-refractivity contribution in [3.8, 4) is 0 Å². The Morgan fingerprint density at radius 3 is 1.55 bits per heavy atom. The highest BCUT2D eigenvalue weighted by Gasteiger charge is 2.38. The molecular weight excluding hydrogens is 1760 g/mol. The number of ketones is 1. The predicted molar refractivity (Wildman–Crippen MR) is 497 cm³/mol. The van der Waals surface area contributed by atoms with Crippen LogP contribution in [0.4, 0.5) is 0 Å². The summed E-state index contributed by atoms with van der Waals surface area (Å²) in [7, 11) is -4.12. The molecule has 0 spiro atoms. The number of aliphatic hydroxyl groups excluding tert-OH is 2. The van der Waals surface area contributed by atoms with Crippen molar-refractivity contribution >= 4 is 133 Å². The number of unbranched alkanes of at least 4 members (excludes halogenated alkanes) is 13. The van der Waals surface area contributed by atoms with Gasteiger partial charge in [0.15, 0.2) is 11.9 Å². The molecule has 31 N–H and O–H groups in total. The number of aromatic amines is 1. The van der Waals surface area contributed by atoms with Crippen LogP contribution in [0.1, 0.15) is 230 Å². The number of primary amides is 3. The number of amides is 16. The van der Waals surface area contributed by atoms with Gasteiger partial charge < -0.3 is 124 Å². The van der Waals surface area contributed by atoms with Crippen molar-refractivity contribution in [2.24, 2.45) is 28.7 Å². The van der Waals surface area contributed by atoms with Gasteiger partial charge in [0.2, 0.25) is 105 Å². The van der Waals surface area contributed by atoms with Crippen molar-refractivity contribution in [3.63, 3.8) is 0 Å². The van der Waals surface area contributed by atoms with E-state index in [1.54, 1.807) is 67.7 Å². The summed E-state index contributed by atoms with van der Waals surface area (Å²) in [6, 6.07) is -2.98. The number of para-hydroxylation sites is 1. The second kappa shape index (κ2) is 63.6. The Balaban J connectivity index is 1.57. The molecule has 0 bridgehead atoms. The molecule has 3 aromatic rings. The molecule has 0 radical (unpaired) electrons. The number of sulfonamides is 1. The number of H-pyrrole nitrogens is 1. The normalized spacial score (nSPS) is 18.0. The Labute approximate surface area is 780 Å². The van der Waals surface area contributed by atoms with Crippen LogP contribution in [0.2, 0.25) is 0 Å². The summed E-state index contributed by atoms with van der Waals surface area (Å²) in [4.78, 5) is 239. The van der Waals surface area contributed by atoms with E-state index in [4.69, 9.17) is 39.5 Å². The standard InChI is InChI=1S/C88H142N24O21S/c1-3-5-7-8-9-10-11-12-13-14-15-16-20-36-74(119)112-134(132,133)47-27-37-73(118)100-52-75(120)101-69(53-113)85(130)108-65(40-42-71(89)116)81(126)103-63(35-26-46-98-88(94)95)79(124)111-70(54-114)86(131)105-61(31-6-4-2)77(122)106-64-39-38-57(115)51-96-44-24-23-33-60(76(91)121)102-84(129)68(49-56-50-99-59-32-22-21-30-58(56)59)110-78(123)62(34-25-45-97-87(92)93)104-83(128)67(48-55-28-18-17-19-29-55)109-82(127)66(107-80(64)125)41-43-72(90)117/h17-19,21-22,28-30,32,50,60-70,96,99,113-114H,3-16,20,23-27,31,33-49,51-54H2,1-2H3,(H2,89,116)(H2,90,117)(H2,91,121)(H,100,118)(H,101,120)(H,102,129)(H,103,126)(H,104,128)(H,105,131)(H,106,122)(H,107,125)(H,108,130)(H,109,127)(H,110,123)(H,111,124)(H,112,119)(H4,92,93,97)(H4,94,95,98)/t60-,61-,62-,63?,64-,65-,66-,67+,68-,69?,70?/m0/s1. The van der Waals surface area contributed by atoms with E-state index in [1.807, 2.05) is 4.72 Å². The first-order valence-electron chi connectivity index (χ1n) is 46.1. The Kier molecular flexibility index (Phi) is 54.1. The van der Waals surface area contributed by atoms with E-state index >= 15 is 4.79 Å². The van der Waals surface area contributed by atoms with Crippen LogP contribution in [0.3, 0.4) is 0 Å². The first-order chi connectivity index (χ1) is 64.0. The van der Waals surface area contributed by atoms with Gasteiger partial charge in [-0.3, -0.25) is 97.0 Å². The van der Waals surface area contributed by atoms with Crippen LogP contribution >= 0.6 is 0 Å². The van der Waals surface area contributed by atoms with Crippen LogP contribution in [-0.2, 0) is 104 Å². The van der Waals surface area contributed by atoms with E-state index in [0.717, 1.165) is 32.1 Å². The number of carbonyl (C=O) groups is 17. The average molecular weight is 1900 g/mol. The number of hydrogen-bond donors (Lipinski definition) is 26. The summed E-state index contributed by atoms with van der Waals surface area (Å²) >= 11 is 0. The lowest BCUT2D eigenvalue weighted by molar-refractivity contribution is -0.137. The van der Waals surface area contributed by atoms with Gasteiger partial charge in [0.05, 0.1) is 32.1 Å². The smallest absolute Gasteiger partial charge is 0.245 e. The number of rotatable bonds is 56. The molecule has 746 valence electrons. The minimum absolute atomic E-state index is 0.00438. The van der Waals surface area contributed by atoms with Crippen molar-refractivity contribution in [1.82, 2.24) is 89.5 Å². The number of aliphatic hydroxyl groups is 2. The van der Waals surface area contributed by atoms with Crippen LogP contribution in [-0.4, -0.2) is 254 Å². The van der Waals surface area contributed by atoms with Crippen LogP contribution in [0.5, 0.6) is 0 Å². The monoisotopic (exact) mass is 1900 g/mol. The van der Waals surface area contributed by atoms with Crippen LogP contribution in [0.15, 0.2) is 60.8 Å². The molecule has 1 aliphatic rings. The van der Waals surface area contributed by atoms with E-state index in [-0.39, 0.29) is 103 Å². The van der Waals surface area contributed by atoms with E-state index in [1.165, 1.54) is 44.9 Å². The molecule has 1 fully saturated rings. The Morgan fingerprint density at radius 1 is 0.470 bits per heavy atom. The number of nitrogens with one attached hydrogen (secondary N) is 19. The van der Waals surface area contributed by atoms with Gasteiger partial charge in [0.1, 0.15) is 72.2 Å². The van der Waals surface area contributed by atoms with E-state index < -0.39 is 259 Å². The van der Waals surface area contributed by atoms with Crippen molar-refractivity contribution in [3.05, 3.63) is 71.9 Å². The van der Waals surface area contributed by atoms with Crippen LogP contribution in [0, 0.1) is 10.8 Å². The third kappa shape index (κ3) is 46.8. The summed E-state index contributed by atoms with van der Waals surface area (Å²) in [5.41, 5.74) is 29.7. The zero-order valence-corrected chi connectivity index (χ0v) is 77.6. The molecule has 1 aromatic heterocycles. The van der Waals surface area contributed by atoms with Gasteiger partial charge in [-0.2, -0.15) is 0 Å². The second-order valence-electron chi connectivity index (χ2n) is 33.3. The predicted octanol–water partition coefficient (Wildman–Crippen LogP) is -3.05. The number of fused-ring (bicyclic) bond motifs is 1.